The zero-order valence-corrected chi connectivity index (χ0v) is 10.1. The van der Waals surface area contributed by atoms with E-state index >= 15 is 0 Å². The third kappa shape index (κ3) is 2.73. The lowest BCUT2D eigenvalue weighted by Gasteiger charge is -2.10. The number of benzene rings is 1. The monoisotopic (exact) mass is 255 g/mol. The first-order chi connectivity index (χ1) is 8.61. The van der Waals surface area contributed by atoms with Crippen LogP contribution < -0.4 is 5.32 Å². The standard InChI is InChI=1S/C13H15F2NO2/c1-18-8-5-12(16-7-8)13(17)6-9-10(14)3-2-4-11(9)15/h2-4,8,12,16H,5-7H2,1H3. The first-order valence-electron chi connectivity index (χ1n) is 5.83. The molecule has 1 N–H and O–H groups in total. The van der Waals surface area contributed by atoms with E-state index in [0.717, 1.165) is 12.1 Å². The molecule has 0 amide bonds. The molecule has 98 valence electrons. The third-order valence-corrected chi connectivity index (χ3v) is 3.23. The van der Waals surface area contributed by atoms with Crippen LogP contribution in [0, 0.1) is 11.6 Å². The summed E-state index contributed by atoms with van der Waals surface area (Å²) in [4.78, 5) is 11.9. The number of rotatable bonds is 4. The van der Waals surface area contributed by atoms with Crippen LogP contribution in [0.1, 0.15) is 12.0 Å². The minimum atomic E-state index is -0.676. The number of carbonyl (C=O) groups excluding carboxylic acids is 1. The van der Waals surface area contributed by atoms with Gasteiger partial charge in [0.25, 0.3) is 0 Å². The number of Topliss-reactive ketones (excluding diaryl/α,β-unsaturated/α-hetero) is 1. The normalized spacial score (nSPS) is 23.3. The molecular formula is C13H15F2NO2. The van der Waals surface area contributed by atoms with Gasteiger partial charge in [-0.3, -0.25) is 4.79 Å². The van der Waals surface area contributed by atoms with Crippen molar-refractivity contribution in [2.45, 2.75) is 25.0 Å². The van der Waals surface area contributed by atoms with Gasteiger partial charge in [0, 0.05) is 25.6 Å². The van der Waals surface area contributed by atoms with E-state index in [1.54, 1.807) is 7.11 Å². The average Bonchev–Trinajstić information content (AvgIpc) is 2.82. The number of hydrogen-bond donors (Lipinski definition) is 1. The summed E-state index contributed by atoms with van der Waals surface area (Å²) in [6.45, 7) is 0.590. The fourth-order valence-corrected chi connectivity index (χ4v) is 2.13. The van der Waals surface area contributed by atoms with E-state index in [1.165, 1.54) is 6.07 Å². The maximum atomic E-state index is 13.4. The molecule has 18 heavy (non-hydrogen) atoms. The van der Waals surface area contributed by atoms with Crippen LogP contribution in [0.2, 0.25) is 0 Å². The first kappa shape index (κ1) is 13.1. The summed E-state index contributed by atoms with van der Waals surface area (Å²) in [6.07, 6.45) is 0.308. The molecule has 1 heterocycles. The summed E-state index contributed by atoms with van der Waals surface area (Å²) < 4.78 is 31.9. The van der Waals surface area contributed by atoms with E-state index < -0.39 is 11.6 Å². The lowest BCUT2D eigenvalue weighted by molar-refractivity contribution is -0.120. The van der Waals surface area contributed by atoms with Crippen LogP contribution in [-0.2, 0) is 16.0 Å². The lowest BCUT2D eigenvalue weighted by Crippen LogP contribution is -2.32. The zero-order valence-electron chi connectivity index (χ0n) is 10.1. The van der Waals surface area contributed by atoms with Gasteiger partial charge in [-0.25, -0.2) is 8.78 Å². The van der Waals surface area contributed by atoms with Crippen molar-refractivity contribution in [3.63, 3.8) is 0 Å². The fourth-order valence-electron chi connectivity index (χ4n) is 2.13. The Morgan fingerprint density at radius 1 is 1.44 bits per heavy atom. The van der Waals surface area contributed by atoms with Crippen molar-refractivity contribution in [1.82, 2.24) is 5.32 Å². The highest BCUT2D eigenvalue weighted by atomic mass is 19.1. The van der Waals surface area contributed by atoms with E-state index in [1.807, 2.05) is 0 Å². The van der Waals surface area contributed by atoms with Crippen molar-refractivity contribution in [1.29, 1.82) is 0 Å². The average molecular weight is 255 g/mol. The molecule has 2 rings (SSSR count). The second kappa shape index (κ2) is 5.54. The maximum absolute atomic E-state index is 13.4. The Balaban J connectivity index is 2.04. The third-order valence-electron chi connectivity index (χ3n) is 3.23. The summed E-state index contributed by atoms with van der Waals surface area (Å²) in [7, 11) is 1.58. The molecular weight excluding hydrogens is 240 g/mol. The molecule has 1 aliphatic heterocycles. The Bertz CT molecular complexity index is 430. The summed E-state index contributed by atoms with van der Waals surface area (Å²) >= 11 is 0. The van der Waals surface area contributed by atoms with Gasteiger partial charge in [-0.05, 0) is 18.6 Å². The minimum Gasteiger partial charge on any atom is -0.380 e. The fraction of sp³-hybridized carbons (Fsp3) is 0.462. The van der Waals surface area contributed by atoms with Gasteiger partial charge in [-0.1, -0.05) is 6.07 Å². The second-order valence-corrected chi connectivity index (χ2v) is 4.40. The zero-order chi connectivity index (χ0) is 13.1. The summed E-state index contributed by atoms with van der Waals surface area (Å²) in [6, 6.07) is 3.22. The van der Waals surface area contributed by atoms with Crippen molar-refractivity contribution in [3.8, 4) is 0 Å². The van der Waals surface area contributed by atoms with E-state index in [9.17, 15) is 13.6 Å². The topological polar surface area (TPSA) is 38.3 Å². The molecule has 1 fully saturated rings. The van der Waals surface area contributed by atoms with E-state index in [2.05, 4.69) is 5.32 Å². The number of nitrogens with one attached hydrogen (secondary N) is 1. The molecule has 2 unspecified atom stereocenters. The maximum Gasteiger partial charge on any atom is 0.154 e. The molecule has 0 aliphatic carbocycles. The summed E-state index contributed by atoms with van der Waals surface area (Å²) in [5.41, 5.74) is -0.162. The summed E-state index contributed by atoms with van der Waals surface area (Å²) in [5.74, 6) is -1.56. The molecule has 0 bridgehead atoms. The molecule has 0 radical (unpaired) electrons. The Labute approximate surface area is 104 Å². The van der Waals surface area contributed by atoms with Crippen molar-refractivity contribution >= 4 is 5.78 Å². The number of ether oxygens (including phenoxy) is 1. The van der Waals surface area contributed by atoms with Crippen molar-refractivity contribution in [2.24, 2.45) is 0 Å². The van der Waals surface area contributed by atoms with Crippen molar-refractivity contribution in [2.75, 3.05) is 13.7 Å². The Morgan fingerprint density at radius 2 is 2.11 bits per heavy atom. The van der Waals surface area contributed by atoms with Crippen LogP contribution in [0.5, 0.6) is 0 Å². The van der Waals surface area contributed by atoms with Gasteiger partial charge in [-0.15, -0.1) is 0 Å². The van der Waals surface area contributed by atoms with Crippen LogP contribution in [0.25, 0.3) is 0 Å². The molecule has 3 nitrogen and oxygen atoms in total. The molecule has 5 heteroatoms. The summed E-state index contributed by atoms with van der Waals surface area (Å²) in [5, 5.41) is 3.00. The Kier molecular flexibility index (Phi) is 4.04. The van der Waals surface area contributed by atoms with Gasteiger partial charge in [0.1, 0.15) is 11.6 Å². The molecule has 1 aromatic carbocycles. The second-order valence-electron chi connectivity index (χ2n) is 4.40. The van der Waals surface area contributed by atoms with Gasteiger partial charge < -0.3 is 10.1 Å². The largest absolute Gasteiger partial charge is 0.380 e. The van der Waals surface area contributed by atoms with Crippen LogP contribution in [-0.4, -0.2) is 31.6 Å². The smallest absolute Gasteiger partial charge is 0.154 e. The molecule has 1 aliphatic rings. The molecule has 1 aromatic rings. The highest BCUT2D eigenvalue weighted by molar-refractivity contribution is 5.86. The van der Waals surface area contributed by atoms with Gasteiger partial charge >= 0.3 is 0 Å². The van der Waals surface area contributed by atoms with Crippen LogP contribution in [0.3, 0.4) is 0 Å². The van der Waals surface area contributed by atoms with Gasteiger partial charge in [0.05, 0.1) is 12.1 Å². The minimum absolute atomic E-state index is 0.00980. The van der Waals surface area contributed by atoms with Gasteiger partial charge in [0.2, 0.25) is 0 Å². The number of hydrogen-bond acceptors (Lipinski definition) is 3. The van der Waals surface area contributed by atoms with Gasteiger partial charge in [-0.2, -0.15) is 0 Å². The molecule has 0 saturated carbocycles. The quantitative estimate of drug-likeness (QED) is 0.885. The number of carbonyl (C=O) groups is 1. The number of halogens is 2. The van der Waals surface area contributed by atoms with Gasteiger partial charge in [0.15, 0.2) is 5.78 Å². The van der Waals surface area contributed by atoms with E-state index in [4.69, 9.17) is 4.74 Å². The van der Waals surface area contributed by atoms with Crippen LogP contribution >= 0.6 is 0 Å². The highest BCUT2D eigenvalue weighted by Gasteiger charge is 2.29. The van der Waals surface area contributed by atoms with E-state index in [-0.39, 0.29) is 29.9 Å². The first-order valence-corrected chi connectivity index (χ1v) is 5.83. The molecule has 1 saturated heterocycles. The Morgan fingerprint density at radius 3 is 2.67 bits per heavy atom. The molecule has 0 aromatic heterocycles. The predicted molar refractivity (Wildman–Crippen MR) is 62.3 cm³/mol. The number of methoxy groups -OCH3 is 1. The predicted octanol–water partition coefficient (Wildman–Crippen LogP) is 1.45. The van der Waals surface area contributed by atoms with Crippen LogP contribution in [0.4, 0.5) is 8.78 Å². The molecule has 0 spiro atoms. The van der Waals surface area contributed by atoms with Crippen LogP contribution in [0.15, 0.2) is 18.2 Å². The highest BCUT2D eigenvalue weighted by Crippen LogP contribution is 2.17. The molecule has 2 atom stereocenters. The van der Waals surface area contributed by atoms with E-state index in [0.29, 0.717) is 13.0 Å². The lowest BCUT2D eigenvalue weighted by atomic mass is 10.0. The number of ketones is 1. The SMILES string of the molecule is COC1CNC(C(=O)Cc2c(F)cccc2F)C1. The van der Waals surface area contributed by atoms with Crippen molar-refractivity contribution in [3.05, 3.63) is 35.4 Å². The van der Waals surface area contributed by atoms with Crippen molar-refractivity contribution < 1.29 is 18.3 Å². The Hall–Kier alpha value is -1.33.